The first kappa shape index (κ1) is 42.0. The quantitative estimate of drug-likeness (QED) is 0.104. The van der Waals surface area contributed by atoms with E-state index >= 15 is 0 Å². The largest absolute Gasteiger partial charge is 0.493 e. The number of anilines is 2. The monoisotopic (exact) mass is 672 g/mol. The highest BCUT2D eigenvalue weighted by molar-refractivity contribution is 7.92. The Morgan fingerprint density at radius 1 is 0.956 bits per heavy atom. The van der Waals surface area contributed by atoms with Crippen LogP contribution in [0.2, 0.25) is 0 Å². The van der Waals surface area contributed by atoms with Crippen molar-refractivity contribution in [1.29, 1.82) is 0 Å². The topological polar surface area (TPSA) is 131 Å². The molecule has 0 aromatic heterocycles. The highest BCUT2D eigenvalue weighted by Crippen LogP contribution is 2.23. The van der Waals surface area contributed by atoms with Crippen LogP contribution in [-0.2, 0) is 24.7 Å². The van der Waals surface area contributed by atoms with E-state index < -0.39 is 19.9 Å². The molecule has 0 saturated carbocycles. The second kappa shape index (κ2) is 21.7. The molecule has 1 aliphatic rings. The second-order valence-electron chi connectivity index (χ2n) is 10.6. The summed E-state index contributed by atoms with van der Waals surface area (Å²) in [7, 11) is -6.12. The van der Waals surface area contributed by atoms with Crippen LogP contribution >= 0.6 is 0 Å². The van der Waals surface area contributed by atoms with Gasteiger partial charge in [-0.1, -0.05) is 61.3 Å². The smallest absolute Gasteiger partial charge is 0.232 e. The average Bonchev–Trinajstić information content (AvgIpc) is 3.00. The van der Waals surface area contributed by atoms with Gasteiger partial charge in [0.1, 0.15) is 17.8 Å². The Labute approximate surface area is 272 Å². The Morgan fingerprint density at radius 3 is 2.07 bits per heavy atom. The standard InChI is InChI=1S/C18H29NO3S.C13H19NO5S.2CH4/c1-3-5-6-16(4-2)15-22-18-9-7-17(8-10-18)19-11-13-23(20,21)14-12-19;1-3-4-9-20(16,17)14-12-5-7-13(8-6-12)18-10-11(2)19-15;;/h7-10,16H,3-6,11-15H2,1-2H3;5-8,10,14-15H,3-4,9H2,1-2H3;2*1H4/b;11-10+;;. The molecule has 0 spiro atoms. The molecule has 258 valence electrons. The fraction of sp³-hybridized carbons (Fsp3) is 0.576. The van der Waals surface area contributed by atoms with Gasteiger partial charge in [-0.2, -0.15) is 0 Å². The third-order valence-corrected chi connectivity index (χ3v) is 9.96. The second-order valence-corrected chi connectivity index (χ2v) is 14.7. The van der Waals surface area contributed by atoms with E-state index in [1.165, 1.54) is 32.4 Å². The fourth-order valence-corrected chi connectivity index (χ4v) is 6.64. The molecule has 1 unspecified atom stereocenters. The summed E-state index contributed by atoms with van der Waals surface area (Å²) in [5.41, 5.74) is 1.55. The van der Waals surface area contributed by atoms with Gasteiger partial charge >= 0.3 is 0 Å². The molecule has 1 heterocycles. The Bertz CT molecular complexity index is 1300. The molecule has 0 aliphatic carbocycles. The molecular formula is C33H56N2O8S2. The third-order valence-electron chi connectivity index (χ3n) is 6.97. The number of sulfonamides is 1. The normalized spacial score (nSPS) is 14.9. The van der Waals surface area contributed by atoms with Gasteiger partial charge in [-0.15, -0.1) is 0 Å². The number of hydrogen-bond acceptors (Lipinski definition) is 9. The van der Waals surface area contributed by atoms with E-state index in [0.29, 0.717) is 36.9 Å². The zero-order chi connectivity index (χ0) is 31.7. The van der Waals surface area contributed by atoms with Crippen molar-refractivity contribution in [3.63, 3.8) is 0 Å². The lowest BCUT2D eigenvalue weighted by Gasteiger charge is -2.28. The molecule has 3 rings (SSSR count). The number of benzene rings is 2. The van der Waals surface area contributed by atoms with E-state index in [2.05, 4.69) is 28.4 Å². The van der Waals surface area contributed by atoms with Crippen molar-refractivity contribution in [1.82, 2.24) is 0 Å². The first-order valence-corrected chi connectivity index (χ1v) is 18.4. The van der Waals surface area contributed by atoms with Crippen molar-refractivity contribution in [2.45, 2.75) is 81.1 Å². The van der Waals surface area contributed by atoms with Gasteiger partial charge in [-0.3, -0.25) is 4.72 Å². The lowest BCUT2D eigenvalue weighted by molar-refractivity contribution is -0.203. The molecule has 0 bridgehead atoms. The lowest BCUT2D eigenvalue weighted by Crippen LogP contribution is -2.40. The van der Waals surface area contributed by atoms with E-state index in [0.717, 1.165) is 30.9 Å². The van der Waals surface area contributed by atoms with Gasteiger partial charge in [0.05, 0.1) is 23.9 Å². The molecule has 2 aromatic carbocycles. The molecule has 2 aromatic rings. The van der Waals surface area contributed by atoms with Crippen LogP contribution in [0.25, 0.3) is 0 Å². The molecule has 1 aliphatic heterocycles. The molecule has 10 nitrogen and oxygen atoms in total. The van der Waals surface area contributed by atoms with Crippen molar-refractivity contribution in [2.24, 2.45) is 5.92 Å². The Kier molecular flexibility index (Phi) is 20.3. The van der Waals surface area contributed by atoms with Crippen molar-refractivity contribution >= 4 is 31.2 Å². The van der Waals surface area contributed by atoms with Gasteiger partial charge in [-0.05, 0) is 67.3 Å². The number of ether oxygens (including phenoxy) is 2. The van der Waals surface area contributed by atoms with E-state index in [1.807, 2.05) is 31.2 Å². The number of nitrogens with zero attached hydrogens (tertiary/aromatic N) is 1. The van der Waals surface area contributed by atoms with Crippen molar-refractivity contribution in [2.75, 3.05) is 46.6 Å². The van der Waals surface area contributed by atoms with Crippen LogP contribution in [0.4, 0.5) is 11.4 Å². The summed E-state index contributed by atoms with van der Waals surface area (Å²) in [6, 6.07) is 14.5. The maximum absolute atomic E-state index is 11.7. The molecule has 12 heteroatoms. The molecule has 2 N–H and O–H groups in total. The minimum atomic E-state index is -3.30. The van der Waals surface area contributed by atoms with Crippen LogP contribution < -0.4 is 19.1 Å². The number of rotatable bonds is 16. The van der Waals surface area contributed by atoms with Gasteiger partial charge in [-0.25, -0.2) is 22.1 Å². The van der Waals surface area contributed by atoms with Gasteiger partial charge in [0.2, 0.25) is 10.0 Å². The highest BCUT2D eigenvalue weighted by Gasteiger charge is 2.21. The summed E-state index contributed by atoms with van der Waals surface area (Å²) >= 11 is 0. The van der Waals surface area contributed by atoms with Crippen LogP contribution in [-0.4, -0.2) is 59.0 Å². The van der Waals surface area contributed by atoms with Crippen molar-refractivity contribution < 1.29 is 36.5 Å². The third kappa shape index (κ3) is 16.8. The minimum Gasteiger partial charge on any atom is -0.493 e. The maximum Gasteiger partial charge on any atom is 0.232 e. The maximum atomic E-state index is 11.7. The summed E-state index contributed by atoms with van der Waals surface area (Å²) in [6.45, 7) is 9.84. The van der Waals surface area contributed by atoms with Crippen LogP contribution in [0.15, 0.2) is 60.6 Å². The zero-order valence-corrected chi connectivity index (χ0v) is 27.5. The molecule has 0 amide bonds. The molecule has 0 radical (unpaired) electrons. The molecule has 45 heavy (non-hydrogen) atoms. The molecular weight excluding hydrogens is 617 g/mol. The van der Waals surface area contributed by atoms with E-state index in [1.54, 1.807) is 24.3 Å². The van der Waals surface area contributed by atoms with Gasteiger partial charge < -0.3 is 19.3 Å². The van der Waals surface area contributed by atoms with E-state index in [-0.39, 0.29) is 37.9 Å². The first-order valence-electron chi connectivity index (χ1n) is 14.9. The predicted octanol–water partition coefficient (Wildman–Crippen LogP) is 7.75. The summed E-state index contributed by atoms with van der Waals surface area (Å²) < 4.78 is 60.0. The number of nitrogens with one attached hydrogen (secondary N) is 1. The number of allylic oxidation sites excluding steroid dienone is 1. The summed E-state index contributed by atoms with van der Waals surface area (Å²) in [5, 5.41) is 8.33. The first-order chi connectivity index (χ1) is 20.5. The Balaban J connectivity index is 0.000000832. The van der Waals surface area contributed by atoms with Gasteiger partial charge in [0.15, 0.2) is 15.6 Å². The van der Waals surface area contributed by atoms with Crippen LogP contribution in [0, 0.1) is 5.92 Å². The van der Waals surface area contributed by atoms with Crippen molar-refractivity contribution in [3.05, 3.63) is 60.6 Å². The predicted molar refractivity (Wildman–Crippen MR) is 186 cm³/mol. The summed E-state index contributed by atoms with van der Waals surface area (Å²) in [6.07, 6.45) is 7.57. The average molecular weight is 673 g/mol. The van der Waals surface area contributed by atoms with Gasteiger partial charge in [0.25, 0.3) is 0 Å². The number of hydrogen-bond donors (Lipinski definition) is 2. The molecule has 1 atom stereocenters. The van der Waals surface area contributed by atoms with Crippen LogP contribution in [0.1, 0.15) is 81.1 Å². The molecule has 1 fully saturated rings. The van der Waals surface area contributed by atoms with Crippen LogP contribution in [0.5, 0.6) is 11.5 Å². The lowest BCUT2D eigenvalue weighted by atomic mass is 10.0. The van der Waals surface area contributed by atoms with Crippen molar-refractivity contribution in [3.8, 4) is 11.5 Å². The Hall–Kier alpha value is -2.96. The summed E-state index contributed by atoms with van der Waals surface area (Å²) in [4.78, 5) is 6.07. The fourth-order valence-electron chi connectivity index (χ4n) is 4.18. The molecule has 1 saturated heterocycles. The number of sulfone groups is 1. The van der Waals surface area contributed by atoms with E-state index in [9.17, 15) is 16.8 Å². The zero-order valence-electron chi connectivity index (χ0n) is 25.8. The highest BCUT2D eigenvalue weighted by atomic mass is 32.2. The number of unbranched alkanes of at least 4 members (excludes halogenated alkanes) is 2. The van der Waals surface area contributed by atoms with E-state index in [4.69, 9.17) is 14.7 Å². The SMILES string of the molecule is C.C.CCCCC(CC)COc1ccc(N2CCS(=O)(=O)CC2)cc1.CCCCS(=O)(=O)Nc1ccc(O/C=C(\C)OO)cc1. The van der Waals surface area contributed by atoms with Gasteiger partial charge in [0, 0.05) is 31.4 Å². The Morgan fingerprint density at radius 2 is 1.53 bits per heavy atom. The minimum absolute atomic E-state index is 0. The summed E-state index contributed by atoms with van der Waals surface area (Å²) in [5.74, 6) is 2.83. The van der Waals surface area contributed by atoms with Crippen LogP contribution in [0.3, 0.4) is 0 Å².